The molecular weight excluding hydrogens is 382 g/mol. The van der Waals surface area contributed by atoms with Crippen molar-refractivity contribution in [2.45, 2.75) is 26.5 Å². The molecule has 0 fully saturated rings. The molecule has 3 aromatic rings. The largest absolute Gasteiger partial charge is 0.493 e. The molecule has 1 amide bonds. The highest BCUT2D eigenvalue weighted by atomic mass is 19.3. The molecule has 0 radical (unpaired) electrons. The van der Waals surface area contributed by atoms with Crippen LogP contribution >= 0.6 is 0 Å². The van der Waals surface area contributed by atoms with Gasteiger partial charge in [0.1, 0.15) is 0 Å². The normalized spacial score (nSPS) is 11.6. The van der Waals surface area contributed by atoms with E-state index in [9.17, 15) is 13.6 Å². The van der Waals surface area contributed by atoms with Gasteiger partial charge in [-0.05, 0) is 32.1 Å². The molecule has 3 rings (SSSR count). The van der Waals surface area contributed by atoms with E-state index in [1.54, 1.807) is 23.0 Å². The number of ether oxygens (including phenoxy) is 2. The van der Waals surface area contributed by atoms with Crippen molar-refractivity contribution in [3.63, 3.8) is 0 Å². The minimum absolute atomic E-state index is 0.141. The molecular formula is C20H20F2N4O3. The summed E-state index contributed by atoms with van der Waals surface area (Å²) >= 11 is 0. The fourth-order valence-corrected chi connectivity index (χ4v) is 2.78. The van der Waals surface area contributed by atoms with Crippen LogP contribution in [-0.4, -0.2) is 34.4 Å². The van der Waals surface area contributed by atoms with Gasteiger partial charge in [0.2, 0.25) is 5.91 Å². The van der Waals surface area contributed by atoms with Crippen LogP contribution in [0.3, 0.4) is 0 Å². The fourth-order valence-electron chi connectivity index (χ4n) is 2.78. The predicted octanol–water partition coefficient (Wildman–Crippen LogP) is 4.27. The summed E-state index contributed by atoms with van der Waals surface area (Å²) in [5, 5.41) is 7.76. The third-order valence-corrected chi connectivity index (χ3v) is 4.04. The Kier molecular flexibility index (Phi) is 6.06. The van der Waals surface area contributed by atoms with Gasteiger partial charge >= 0.3 is 6.61 Å². The molecule has 29 heavy (non-hydrogen) atoms. The Morgan fingerprint density at radius 2 is 2.07 bits per heavy atom. The molecule has 0 saturated heterocycles. The van der Waals surface area contributed by atoms with E-state index in [4.69, 9.17) is 4.74 Å². The van der Waals surface area contributed by atoms with Crippen molar-refractivity contribution < 1.29 is 23.0 Å². The lowest BCUT2D eigenvalue weighted by Crippen LogP contribution is -2.09. The monoisotopic (exact) mass is 402 g/mol. The van der Waals surface area contributed by atoms with Crippen LogP contribution in [-0.2, 0) is 4.79 Å². The first-order valence-corrected chi connectivity index (χ1v) is 8.83. The fraction of sp³-hybridized carbons (Fsp3) is 0.250. The average Bonchev–Trinajstić information content (AvgIpc) is 3.10. The van der Waals surface area contributed by atoms with Crippen LogP contribution in [0.4, 0.5) is 14.5 Å². The maximum atomic E-state index is 12.7. The molecule has 0 aliphatic heterocycles. The van der Waals surface area contributed by atoms with E-state index in [0.717, 1.165) is 11.0 Å². The highest BCUT2D eigenvalue weighted by Gasteiger charge is 2.14. The molecule has 7 nitrogen and oxygen atoms in total. The Morgan fingerprint density at radius 1 is 1.28 bits per heavy atom. The van der Waals surface area contributed by atoms with Crippen LogP contribution in [0.1, 0.15) is 25.5 Å². The van der Waals surface area contributed by atoms with E-state index < -0.39 is 12.5 Å². The van der Waals surface area contributed by atoms with Gasteiger partial charge in [-0.2, -0.15) is 13.9 Å². The maximum absolute atomic E-state index is 12.7. The van der Waals surface area contributed by atoms with Crippen LogP contribution < -0.4 is 14.8 Å². The van der Waals surface area contributed by atoms with E-state index in [1.807, 2.05) is 13.8 Å². The topological polar surface area (TPSA) is 78.3 Å². The summed E-state index contributed by atoms with van der Waals surface area (Å²) in [6, 6.07) is 6.57. The molecule has 9 heteroatoms. The van der Waals surface area contributed by atoms with Crippen LogP contribution in [0.2, 0.25) is 0 Å². The molecule has 0 aliphatic rings. The van der Waals surface area contributed by atoms with Gasteiger partial charge in [0.05, 0.1) is 25.2 Å². The number of carbonyl (C=O) groups excluding carboxylic acids is 1. The number of fused-ring (bicyclic) bond motifs is 1. The molecule has 0 bridgehead atoms. The molecule has 0 atom stereocenters. The lowest BCUT2D eigenvalue weighted by Gasteiger charge is -2.12. The minimum atomic E-state index is -3.02. The summed E-state index contributed by atoms with van der Waals surface area (Å²) < 4.78 is 36.7. The number of methoxy groups -OCH3 is 1. The van der Waals surface area contributed by atoms with Gasteiger partial charge in [0, 0.05) is 23.1 Å². The van der Waals surface area contributed by atoms with Crippen LogP contribution in [0.15, 0.2) is 42.7 Å². The number of amides is 1. The number of hydrogen-bond donors (Lipinski definition) is 1. The smallest absolute Gasteiger partial charge is 0.387 e. The highest BCUT2D eigenvalue weighted by molar-refractivity contribution is 6.02. The number of benzene rings is 1. The van der Waals surface area contributed by atoms with Crippen molar-refractivity contribution in [2.75, 3.05) is 12.4 Å². The van der Waals surface area contributed by atoms with E-state index >= 15 is 0 Å². The van der Waals surface area contributed by atoms with Crippen molar-refractivity contribution in [3.8, 4) is 11.5 Å². The first-order valence-electron chi connectivity index (χ1n) is 8.83. The zero-order valence-electron chi connectivity index (χ0n) is 16.1. The van der Waals surface area contributed by atoms with Gasteiger partial charge < -0.3 is 14.8 Å². The Bertz CT molecular complexity index is 1050. The van der Waals surface area contributed by atoms with Gasteiger partial charge in [-0.3, -0.25) is 4.79 Å². The summed E-state index contributed by atoms with van der Waals surface area (Å²) in [4.78, 5) is 16.6. The number of aromatic nitrogens is 3. The van der Waals surface area contributed by atoms with Crippen molar-refractivity contribution >= 4 is 28.7 Å². The van der Waals surface area contributed by atoms with E-state index in [1.165, 1.54) is 37.6 Å². The quantitative estimate of drug-likeness (QED) is 0.597. The molecule has 0 unspecified atom stereocenters. The number of nitrogens with zero attached hydrogens (tertiary/aromatic N) is 3. The van der Waals surface area contributed by atoms with Crippen LogP contribution in [0.25, 0.3) is 17.1 Å². The number of carbonyl (C=O) groups is 1. The highest BCUT2D eigenvalue weighted by Crippen LogP contribution is 2.33. The number of halogens is 2. The predicted molar refractivity (Wildman–Crippen MR) is 105 cm³/mol. The average molecular weight is 402 g/mol. The van der Waals surface area contributed by atoms with Gasteiger partial charge in [0.15, 0.2) is 17.1 Å². The molecule has 2 aromatic heterocycles. The number of nitrogens with one attached hydrogen (secondary N) is 1. The first kappa shape index (κ1) is 20.2. The number of pyridine rings is 1. The summed E-state index contributed by atoms with van der Waals surface area (Å²) in [5.41, 5.74) is 1.50. The van der Waals surface area contributed by atoms with E-state index in [2.05, 4.69) is 20.1 Å². The Labute approximate surface area is 165 Å². The zero-order chi connectivity index (χ0) is 21.0. The maximum Gasteiger partial charge on any atom is 0.387 e. The minimum Gasteiger partial charge on any atom is -0.493 e. The summed E-state index contributed by atoms with van der Waals surface area (Å²) in [6.07, 6.45) is 5.80. The standard InChI is InChI=1S/C20H20F2N4O3/c1-12(2)26-19-14(10-24-26)9-15(11-23-19)25-17(27)8-7-13-5-4-6-16(28-3)18(13)29-20(21)22/h4-12,20H,1-3H3,(H,25,27)/b8-7+. The number of rotatable bonds is 7. The molecule has 152 valence electrons. The number of anilines is 1. The summed E-state index contributed by atoms with van der Waals surface area (Å²) in [6.45, 7) is 0.982. The van der Waals surface area contributed by atoms with E-state index in [0.29, 0.717) is 5.69 Å². The first-order chi connectivity index (χ1) is 13.9. The lowest BCUT2D eigenvalue weighted by atomic mass is 10.1. The molecule has 1 N–H and O–H groups in total. The van der Waals surface area contributed by atoms with Gasteiger partial charge in [-0.25, -0.2) is 9.67 Å². The second-order valence-corrected chi connectivity index (χ2v) is 6.40. The van der Waals surface area contributed by atoms with Crippen LogP contribution in [0.5, 0.6) is 11.5 Å². The lowest BCUT2D eigenvalue weighted by molar-refractivity contribution is -0.111. The van der Waals surface area contributed by atoms with Gasteiger partial charge in [0.25, 0.3) is 0 Å². The third-order valence-electron chi connectivity index (χ3n) is 4.04. The molecule has 0 saturated carbocycles. The SMILES string of the molecule is COc1cccc(/C=C/C(=O)Nc2cnc3c(cnn3C(C)C)c2)c1OC(F)F. The number of alkyl halides is 2. The second-order valence-electron chi connectivity index (χ2n) is 6.40. The summed E-state index contributed by atoms with van der Waals surface area (Å²) in [7, 11) is 1.35. The van der Waals surface area contributed by atoms with Crippen molar-refractivity contribution in [1.82, 2.24) is 14.8 Å². The van der Waals surface area contributed by atoms with Crippen LogP contribution in [0, 0.1) is 0 Å². The molecule has 0 spiro atoms. The number of para-hydroxylation sites is 1. The van der Waals surface area contributed by atoms with Gasteiger partial charge in [-0.1, -0.05) is 12.1 Å². The number of hydrogen-bond acceptors (Lipinski definition) is 5. The molecule has 2 heterocycles. The third kappa shape index (κ3) is 4.68. The van der Waals surface area contributed by atoms with Crippen molar-refractivity contribution in [1.29, 1.82) is 0 Å². The molecule has 1 aromatic carbocycles. The van der Waals surface area contributed by atoms with E-state index in [-0.39, 0.29) is 23.1 Å². The van der Waals surface area contributed by atoms with Gasteiger partial charge in [-0.15, -0.1) is 0 Å². The molecule has 0 aliphatic carbocycles. The zero-order valence-corrected chi connectivity index (χ0v) is 16.1. The Balaban J connectivity index is 1.77. The van der Waals surface area contributed by atoms with Crippen molar-refractivity contribution in [2.24, 2.45) is 0 Å². The Hall–Kier alpha value is -3.49. The Morgan fingerprint density at radius 3 is 2.76 bits per heavy atom. The second kappa shape index (κ2) is 8.68. The summed E-state index contributed by atoms with van der Waals surface area (Å²) in [5.74, 6) is -0.448. The van der Waals surface area contributed by atoms with Crippen molar-refractivity contribution in [3.05, 3.63) is 48.3 Å².